The van der Waals surface area contributed by atoms with Gasteiger partial charge in [-0.15, -0.1) is 0 Å². The largest absolute Gasteiger partial charge is 0.473 e. The van der Waals surface area contributed by atoms with Crippen molar-refractivity contribution in [3.63, 3.8) is 0 Å². The Morgan fingerprint density at radius 3 is 1.00 bits per heavy atom. The number of hydrogen-bond donors (Lipinski definition) is 1. The molecule has 39 heavy (non-hydrogen) atoms. The molecule has 198 valence electrons. The number of furan rings is 1. The van der Waals surface area contributed by atoms with Crippen LogP contribution < -0.4 is 0 Å². The molecule has 7 aromatic rings. The van der Waals surface area contributed by atoms with Crippen molar-refractivity contribution in [1.82, 2.24) is 29.9 Å². The third-order valence-corrected chi connectivity index (χ3v) is 4.16. The zero-order valence-electron chi connectivity index (χ0n) is 21.5. The van der Waals surface area contributed by atoms with E-state index in [1.807, 2.05) is 114 Å². The molecule has 0 saturated carbocycles. The molecule has 7 nitrogen and oxygen atoms in total. The van der Waals surface area contributed by atoms with E-state index in [0.29, 0.717) is 0 Å². The summed E-state index contributed by atoms with van der Waals surface area (Å²) in [5, 5.41) is 4.08. The molecular formula is C31H32N6OS. The Labute approximate surface area is 234 Å². The van der Waals surface area contributed by atoms with E-state index in [1.54, 1.807) is 79.5 Å². The fraction of sp³-hybridized carbons (Fsp3) is 0. The molecule has 0 spiro atoms. The van der Waals surface area contributed by atoms with Crippen LogP contribution in [0.5, 0.6) is 0 Å². The molecule has 0 amide bonds. The Bertz CT molecular complexity index is 880. The number of nitrogens with zero attached hydrogens (tertiary/aromatic N) is 5. The second-order valence-electron chi connectivity index (χ2n) is 6.45. The fourth-order valence-electron chi connectivity index (χ4n) is 1.94. The zero-order valence-corrected chi connectivity index (χ0v) is 22.3. The summed E-state index contributed by atoms with van der Waals surface area (Å²) in [6, 6.07) is 31.1. The van der Waals surface area contributed by atoms with Crippen LogP contribution in [-0.4, -0.2) is 29.9 Å². The molecule has 7 rings (SSSR count). The van der Waals surface area contributed by atoms with Crippen molar-refractivity contribution in [2.24, 2.45) is 0 Å². The minimum absolute atomic E-state index is 1.50. The van der Waals surface area contributed by atoms with Gasteiger partial charge >= 0.3 is 0 Å². The van der Waals surface area contributed by atoms with E-state index in [0.717, 1.165) is 0 Å². The number of benzene rings is 1. The summed E-state index contributed by atoms with van der Waals surface area (Å²) in [7, 11) is 0. The molecular weight excluding hydrogens is 504 g/mol. The molecule has 0 saturated heterocycles. The van der Waals surface area contributed by atoms with Gasteiger partial charge < -0.3 is 9.40 Å². The normalized spacial score (nSPS) is 8.00. The lowest BCUT2D eigenvalue weighted by molar-refractivity contribution is 0.567. The molecule has 0 bridgehead atoms. The second-order valence-corrected chi connectivity index (χ2v) is 7.27. The maximum atomic E-state index is 4.58. The Morgan fingerprint density at radius 2 is 0.821 bits per heavy atom. The lowest BCUT2D eigenvalue weighted by atomic mass is 10.4. The van der Waals surface area contributed by atoms with E-state index in [1.165, 1.54) is 6.33 Å². The highest BCUT2D eigenvalue weighted by Crippen LogP contribution is 1.91. The number of nitrogens with one attached hydrogen (secondary N) is 1. The Kier molecular flexibility index (Phi) is 23.7. The number of rotatable bonds is 0. The minimum atomic E-state index is 1.50. The van der Waals surface area contributed by atoms with Crippen LogP contribution in [-0.2, 0) is 0 Å². The number of hydrogen-bond acceptors (Lipinski definition) is 7. The average molecular weight is 537 g/mol. The van der Waals surface area contributed by atoms with Gasteiger partial charge in [-0.05, 0) is 53.2 Å². The van der Waals surface area contributed by atoms with Crippen molar-refractivity contribution in [3.05, 3.63) is 189 Å². The highest BCUT2D eigenvalue weighted by Gasteiger charge is 1.61. The quantitative estimate of drug-likeness (QED) is 0.213. The van der Waals surface area contributed by atoms with Gasteiger partial charge in [0.1, 0.15) is 6.33 Å². The standard InChI is InChI=1S/C6H6.C5H5N.2C4H4N2.C4H5N.C4H4O.C4H4S/c2*1-2-4-6-5-3-1;1-2-6-4-3-5-1;1-2-5-4-6-3-1;3*1-2-4-5-3-1/h1-6H;1-5H;2*1-4H;1-5H;2*1-4H. The summed E-state index contributed by atoms with van der Waals surface area (Å²) in [4.78, 5) is 21.4. The lowest BCUT2D eigenvalue weighted by Gasteiger charge is -1.70. The number of pyridine rings is 1. The summed E-state index contributed by atoms with van der Waals surface area (Å²) in [5.74, 6) is 0. The first-order valence-electron chi connectivity index (χ1n) is 11.8. The molecule has 0 aliphatic heterocycles. The van der Waals surface area contributed by atoms with Crippen molar-refractivity contribution >= 4 is 11.3 Å². The molecule has 0 atom stereocenters. The first-order valence-corrected chi connectivity index (χ1v) is 12.7. The molecule has 6 aromatic heterocycles. The van der Waals surface area contributed by atoms with E-state index >= 15 is 0 Å². The van der Waals surface area contributed by atoms with Gasteiger partial charge in [-0.1, -0.05) is 54.6 Å². The Hall–Kier alpha value is -5.21. The van der Waals surface area contributed by atoms with Crippen LogP contribution in [0.4, 0.5) is 0 Å². The predicted molar refractivity (Wildman–Crippen MR) is 159 cm³/mol. The van der Waals surface area contributed by atoms with Crippen molar-refractivity contribution in [2.45, 2.75) is 0 Å². The van der Waals surface area contributed by atoms with Gasteiger partial charge in [0.25, 0.3) is 0 Å². The third kappa shape index (κ3) is 27.2. The van der Waals surface area contributed by atoms with Gasteiger partial charge in [0.15, 0.2) is 0 Å². The molecule has 1 N–H and O–H groups in total. The first-order chi connectivity index (χ1) is 19.5. The Balaban J connectivity index is 0.000000228. The van der Waals surface area contributed by atoms with Crippen LogP contribution in [0.25, 0.3) is 0 Å². The summed E-state index contributed by atoms with van der Waals surface area (Å²) >= 11 is 1.71. The van der Waals surface area contributed by atoms with Crippen molar-refractivity contribution in [2.75, 3.05) is 0 Å². The van der Waals surface area contributed by atoms with Crippen LogP contribution >= 0.6 is 11.3 Å². The topological polar surface area (TPSA) is 93.4 Å². The summed E-state index contributed by atoms with van der Waals surface area (Å²) in [6.45, 7) is 0. The van der Waals surface area contributed by atoms with Gasteiger partial charge in [-0.3, -0.25) is 15.0 Å². The van der Waals surface area contributed by atoms with Crippen molar-refractivity contribution < 1.29 is 4.42 Å². The van der Waals surface area contributed by atoms with Gasteiger partial charge in [0.2, 0.25) is 0 Å². The molecule has 0 aliphatic rings. The molecule has 0 aliphatic carbocycles. The summed E-state index contributed by atoms with van der Waals surface area (Å²) < 4.78 is 4.58. The van der Waals surface area contributed by atoms with Crippen LogP contribution in [0.3, 0.4) is 0 Å². The molecule has 6 heterocycles. The summed E-state index contributed by atoms with van der Waals surface area (Å²) in [5.41, 5.74) is 0. The van der Waals surface area contributed by atoms with E-state index in [9.17, 15) is 0 Å². The molecule has 8 heteroatoms. The van der Waals surface area contributed by atoms with Crippen LogP contribution in [0.1, 0.15) is 0 Å². The molecule has 0 radical (unpaired) electrons. The predicted octanol–water partition coefficient (Wildman–Crippen LogP) is 7.76. The molecule has 1 aromatic carbocycles. The number of H-pyrrole nitrogens is 1. The summed E-state index contributed by atoms with van der Waals surface area (Å²) in [6.07, 6.45) is 21.9. The minimum Gasteiger partial charge on any atom is -0.473 e. The van der Waals surface area contributed by atoms with E-state index in [-0.39, 0.29) is 0 Å². The van der Waals surface area contributed by atoms with Gasteiger partial charge in [-0.2, -0.15) is 11.3 Å². The van der Waals surface area contributed by atoms with E-state index in [2.05, 4.69) is 34.3 Å². The lowest BCUT2D eigenvalue weighted by Crippen LogP contribution is -1.66. The monoisotopic (exact) mass is 536 g/mol. The Morgan fingerprint density at radius 1 is 0.385 bits per heavy atom. The number of aromatic amines is 1. The maximum Gasteiger partial charge on any atom is 0.115 e. The SMILES string of the molecule is c1cc[nH]c1.c1ccccc1.c1ccncc1.c1ccoc1.c1ccsc1.c1cnccn1.c1cncnc1. The van der Waals surface area contributed by atoms with Gasteiger partial charge in [0.05, 0.1) is 12.5 Å². The average Bonchev–Trinajstić information content (AvgIpc) is 3.89. The smallest absolute Gasteiger partial charge is 0.115 e. The van der Waals surface area contributed by atoms with Crippen LogP contribution in [0, 0.1) is 0 Å². The second kappa shape index (κ2) is 29.0. The third-order valence-electron chi connectivity index (χ3n) is 3.54. The highest BCUT2D eigenvalue weighted by molar-refractivity contribution is 7.07. The first kappa shape index (κ1) is 31.8. The molecule has 0 fully saturated rings. The van der Waals surface area contributed by atoms with Gasteiger partial charge in [0, 0.05) is 62.0 Å². The fourth-order valence-corrected chi connectivity index (χ4v) is 2.39. The van der Waals surface area contributed by atoms with Crippen molar-refractivity contribution in [3.8, 4) is 0 Å². The highest BCUT2D eigenvalue weighted by atomic mass is 32.1. The zero-order chi connectivity index (χ0) is 27.6. The van der Waals surface area contributed by atoms with Crippen molar-refractivity contribution in [1.29, 1.82) is 0 Å². The van der Waals surface area contributed by atoms with Crippen LogP contribution in [0.15, 0.2) is 193 Å². The number of thiophene rings is 1. The van der Waals surface area contributed by atoms with Gasteiger partial charge in [-0.25, -0.2) is 9.97 Å². The van der Waals surface area contributed by atoms with E-state index < -0.39 is 0 Å². The maximum absolute atomic E-state index is 4.58. The van der Waals surface area contributed by atoms with E-state index in [4.69, 9.17) is 0 Å². The number of aromatic nitrogens is 6. The molecule has 0 unspecified atom stereocenters. The van der Waals surface area contributed by atoms with Crippen LogP contribution in [0.2, 0.25) is 0 Å².